The first-order chi connectivity index (χ1) is 16.4. The summed E-state index contributed by atoms with van der Waals surface area (Å²) in [6, 6.07) is 16.3. The molecule has 0 fully saturated rings. The molecule has 0 aliphatic rings. The molecule has 1 amide bonds. The standard InChI is InChI=1S/C24H25FN6OS2/c1-16(30(2)3)22-28-29-24(31(22)13-17-7-5-4-6-8-17)34-15-21(32)27-23-26-20(14-33-23)18-9-11-19(25)12-10-18/h4-12,14,16H,13,15H2,1-3H3,(H,26,27,32)/t16-/m0/s1. The first-order valence-electron chi connectivity index (χ1n) is 10.7. The fourth-order valence-electron chi connectivity index (χ4n) is 3.23. The summed E-state index contributed by atoms with van der Waals surface area (Å²) in [5.74, 6) is 0.546. The van der Waals surface area contributed by atoms with Gasteiger partial charge in [-0.25, -0.2) is 9.37 Å². The molecular weight excluding hydrogens is 471 g/mol. The predicted octanol–water partition coefficient (Wildman–Crippen LogP) is 4.94. The van der Waals surface area contributed by atoms with Crippen LogP contribution in [0.5, 0.6) is 0 Å². The first-order valence-corrected chi connectivity index (χ1v) is 12.5. The van der Waals surface area contributed by atoms with Crippen molar-refractivity contribution in [3.05, 3.63) is 77.2 Å². The van der Waals surface area contributed by atoms with Crippen molar-refractivity contribution in [3.63, 3.8) is 0 Å². The number of amides is 1. The quantitative estimate of drug-likeness (QED) is 0.331. The Morgan fingerprint density at radius 3 is 2.59 bits per heavy atom. The van der Waals surface area contributed by atoms with E-state index in [0.29, 0.717) is 22.5 Å². The zero-order valence-corrected chi connectivity index (χ0v) is 20.7. The van der Waals surface area contributed by atoms with E-state index in [1.165, 1.54) is 35.2 Å². The predicted molar refractivity (Wildman–Crippen MR) is 135 cm³/mol. The van der Waals surface area contributed by atoms with Crippen molar-refractivity contribution < 1.29 is 9.18 Å². The molecule has 4 aromatic rings. The zero-order chi connectivity index (χ0) is 24.1. The minimum atomic E-state index is -0.298. The van der Waals surface area contributed by atoms with Gasteiger partial charge in [-0.3, -0.25) is 9.69 Å². The summed E-state index contributed by atoms with van der Waals surface area (Å²) in [5.41, 5.74) is 2.62. The normalized spacial score (nSPS) is 12.1. The van der Waals surface area contributed by atoms with E-state index in [1.807, 2.05) is 37.7 Å². The summed E-state index contributed by atoms with van der Waals surface area (Å²) >= 11 is 2.67. The highest BCUT2D eigenvalue weighted by atomic mass is 32.2. The lowest BCUT2D eigenvalue weighted by molar-refractivity contribution is -0.113. The molecule has 0 saturated heterocycles. The third-order valence-corrected chi connectivity index (χ3v) is 7.02. The third kappa shape index (κ3) is 5.88. The summed E-state index contributed by atoms with van der Waals surface area (Å²) in [4.78, 5) is 19.1. The minimum absolute atomic E-state index is 0.0691. The zero-order valence-electron chi connectivity index (χ0n) is 19.1. The van der Waals surface area contributed by atoms with Crippen LogP contribution in [0.25, 0.3) is 11.3 Å². The van der Waals surface area contributed by atoms with Crippen LogP contribution in [0.4, 0.5) is 9.52 Å². The molecule has 4 rings (SSSR count). The number of thioether (sulfide) groups is 1. The van der Waals surface area contributed by atoms with Gasteiger partial charge in [-0.2, -0.15) is 0 Å². The average molecular weight is 497 g/mol. The van der Waals surface area contributed by atoms with E-state index in [-0.39, 0.29) is 23.5 Å². The molecule has 0 radical (unpaired) electrons. The van der Waals surface area contributed by atoms with Gasteiger partial charge in [-0.15, -0.1) is 21.5 Å². The largest absolute Gasteiger partial charge is 0.301 e. The Hall–Kier alpha value is -3.08. The number of rotatable bonds is 9. The van der Waals surface area contributed by atoms with Crippen LogP contribution in [0.1, 0.15) is 24.4 Å². The Morgan fingerprint density at radius 1 is 1.15 bits per heavy atom. The van der Waals surface area contributed by atoms with E-state index >= 15 is 0 Å². The maximum atomic E-state index is 13.1. The highest BCUT2D eigenvalue weighted by molar-refractivity contribution is 7.99. The van der Waals surface area contributed by atoms with Crippen molar-refractivity contribution in [2.24, 2.45) is 0 Å². The highest BCUT2D eigenvalue weighted by Gasteiger charge is 2.21. The molecule has 0 aliphatic carbocycles. The number of nitrogens with one attached hydrogen (secondary N) is 1. The van der Waals surface area contributed by atoms with Crippen molar-refractivity contribution in [3.8, 4) is 11.3 Å². The van der Waals surface area contributed by atoms with Gasteiger partial charge in [0.05, 0.1) is 24.0 Å². The van der Waals surface area contributed by atoms with Crippen LogP contribution in [-0.4, -0.2) is 50.4 Å². The lowest BCUT2D eigenvalue weighted by atomic mass is 10.2. The summed E-state index contributed by atoms with van der Waals surface area (Å²) in [6.07, 6.45) is 0. The SMILES string of the molecule is C[C@@H](c1nnc(SCC(=O)Nc2nc(-c3ccc(F)cc3)cs2)n1Cc1ccccc1)N(C)C. The van der Waals surface area contributed by atoms with Gasteiger partial charge in [0.1, 0.15) is 5.82 Å². The fraction of sp³-hybridized carbons (Fsp3) is 0.250. The molecule has 34 heavy (non-hydrogen) atoms. The van der Waals surface area contributed by atoms with Gasteiger partial charge < -0.3 is 9.88 Å². The van der Waals surface area contributed by atoms with Crippen LogP contribution in [0.3, 0.4) is 0 Å². The van der Waals surface area contributed by atoms with Crippen LogP contribution < -0.4 is 5.32 Å². The Labute approximate surface area is 206 Å². The van der Waals surface area contributed by atoms with Gasteiger partial charge in [0.25, 0.3) is 0 Å². The molecule has 0 bridgehead atoms. The molecular formula is C24H25FN6OS2. The molecule has 2 aromatic carbocycles. The van der Waals surface area contributed by atoms with Gasteiger partial charge >= 0.3 is 0 Å². The molecule has 7 nitrogen and oxygen atoms in total. The maximum Gasteiger partial charge on any atom is 0.236 e. The summed E-state index contributed by atoms with van der Waals surface area (Å²) in [7, 11) is 4.00. The highest BCUT2D eigenvalue weighted by Crippen LogP contribution is 2.27. The first kappa shape index (κ1) is 24.1. The topological polar surface area (TPSA) is 75.9 Å². The van der Waals surface area contributed by atoms with Crippen LogP contribution in [0.2, 0.25) is 0 Å². The van der Waals surface area contributed by atoms with Gasteiger partial charge in [0.2, 0.25) is 5.91 Å². The number of anilines is 1. The number of aromatic nitrogens is 4. The molecule has 1 atom stereocenters. The fourth-order valence-corrected chi connectivity index (χ4v) is 4.71. The summed E-state index contributed by atoms with van der Waals surface area (Å²) in [6.45, 7) is 2.70. The Bertz CT molecular complexity index is 1240. The summed E-state index contributed by atoms with van der Waals surface area (Å²) in [5, 5.41) is 14.7. The van der Waals surface area contributed by atoms with Gasteiger partial charge in [-0.1, -0.05) is 42.1 Å². The van der Waals surface area contributed by atoms with Crippen LogP contribution in [0, 0.1) is 5.82 Å². The van der Waals surface area contributed by atoms with E-state index in [9.17, 15) is 9.18 Å². The third-order valence-electron chi connectivity index (χ3n) is 5.30. The molecule has 2 aromatic heterocycles. The Balaban J connectivity index is 1.43. The number of halogens is 1. The molecule has 0 saturated carbocycles. The van der Waals surface area contributed by atoms with Crippen molar-refractivity contribution >= 4 is 34.1 Å². The van der Waals surface area contributed by atoms with E-state index < -0.39 is 0 Å². The maximum absolute atomic E-state index is 13.1. The second kappa shape index (κ2) is 10.9. The van der Waals surface area contributed by atoms with Crippen molar-refractivity contribution in [2.75, 3.05) is 25.2 Å². The number of nitrogens with zero attached hydrogens (tertiary/aromatic N) is 5. The van der Waals surface area contributed by atoms with Crippen LogP contribution in [0.15, 0.2) is 65.1 Å². The van der Waals surface area contributed by atoms with Crippen LogP contribution in [-0.2, 0) is 11.3 Å². The van der Waals surface area contributed by atoms with Gasteiger partial charge in [0, 0.05) is 10.9 Å². The molecule has 2 heterocycles. The van der Waals surface area contributed by atoms with E-state index in [4.69, 9.17) is 0 Å². The molecule has 0 spiro atoms. The second-order valence-corrected chi connectivity index (χ2v) is 9.73. The van der Waals surface area contributed by atoms with E-state index in [0.717, 1.165) is 17.0 Å². The summed E-state index contributed by atoms with van der Waals surface area (Å²) < 4.78 is 15.2. The average Bonchev–Trinajstić information content (AvgIpc) is 3.45. The van der Waals surface area contributed by atoms with E-state index in [1.54, 1.807) is 12.1 Å². The van der Waals surface area contributed by atoms with Gasteiger partial charge in [-0.05, 0) is 50.8 Å². The van der Waals surface area contributed by atoms with Gasteiger partial charge in [0.15, 0.2) is 16.1 Å². The lowest BCUT2D eigenvalue weighted by Gasteiger charge is -2.20. The minimum Gasteiger partial charge on any atom is -0.301 e. The number of benzene rings is 2. The number of hydrogen-bond donors (Lipinski definition) is 1. The molecule has 10 heteroatoms. The van der Waals surface area contributed by atoms with E-state index in [2.05, 4.69) is 49.0 Å². The van der Waals surface area contributed by atoms with Crippen LogP contribution >= 0.6 is 23.1 Å². The van der Waals surface area contributed by atoms with Crippen molar-refractivity contribution in [1.29, 1.82) is 0 Å². The number of hydrogen-bond acceptors (Lipinski definition) is 7. The Kier molecular flexibility index (Phi) is 7.71. The monoisotopic (exact) mass is 496 g/mol. The van der Waals surface area contributed by atoms with Crippen molar-refractivity contribution in [2.45, 2.75) is 24.7 Å². The molecule has 1 N–H and O–H groups in total. The molecule has 0 aliphatic heterocycles. The molecule has 176 valence electrons. The van der Waals surface area contributed by atoms with Crippen molar-refractivity contribution in [1.82, 2.24) is 24.6 Å². The Morgan fingerprint density at radius 2 is 1.88 bits per heavy atom. The molecule has 0 unspecified atom stereocenters. The smallest absolute Gasteiger partial charge is 0.236 e. The number of carbonyl (C=O) groups excluding carboxylic acids is 1. The second-order valence-electron chi connectivity index (χ2n) is 7.93. The number of thiazole rings is 1. The lowest BCUT2D eigenvalue weighted by Crippen LogP contribution is -2.21. The number of carbonyl (C=O) groups is 1.